The maximum atomic E-state index is 9.59. The van der Waals surface area contributed by atoms with Gasteiger partial charge in [0.1, 0.15) is 5.29 Å². The summed E-state index contributed by atoms with van der Waals surface area (Å²) < 4.78 is 0. The predicted molar refractivity (Wildman–Crippen MR) is 32.6 cm³/mol. The zero-order valence-corrected chi connectivity index (χ0v) is 5.16. The van der Waals surface area contributed by atoms with Gasteiger partial charge in [-0.05, 0) is 11.4 Å². The largest absolute Gasteiger partial charge is 0.156 e. The molecule has 0 amide bonds. The molecule has 0 radical (unpaired) electrons. The smallest absolute Gasteiger partial charge is 0.130 e. The third-order valence-electron chi connectivity index (χ3n) is 0.864. The standard InChI is InChI=1S/C3H9N5O/c1-3-8(4,5-2)6-7-9/h3,5H,1,4H2,2H3/p+1. The van der Waals surface area contributed by atoms with E-state index in [1.54, 1.807) is 7.05 Å². The van der Waals surface area contributed by atoms with Crippen molar-refractivity contribution in [3.8, 4) is 0 Å². The predicted octanol–water partition coefficient (Wildman–Crippen LogP) is -0.859. The van der Waals surface area contributed by atoms with Crippen molar-refractivity contribution in [2.45, 2.75) is 0 Å². The Morgan fingerprint density at radius 3 is 2.56 bits per heavy atom. The zero-order valence-electron chi connectivity index (χ0n) is 5.16. The maximum Gasteiger partial charge on any atom is 0.156 e. The van der Waals surface area contributed by atoms with Crippen molar-refractivity contribution >= 4 is 0 Å². The van der Waals surface area contributed by atoms with Crippen LogP contribution in [0.4, 0.5) is 0 Å². The van der Waals surface area contributed by atoms with Gasteiger partial charge < -0.3 is 0 Å². The van der Waals surface area contributed by atoms with E-state index in [-0.39, 0.29) is 0 Å². The van der Waals surface area contributed by atoms with Crippen molar-refractivity contribution in [2.24, 2.45) is 11.1 Å². The number of hydrogen-bond acceptors (Lipinski definition) is 4. The molecule has 0 aromatic carbocycles. The highest BCUT2D eigenvalue weighted by Gasteiger charge is 2.14. The molecule has 0 aromatic heterocycles. The molecule has 0 aromatic rings. The van der Waals surface area contributed by atoms with Crippen LogP contribution < -0.4 is 16.8 Å². The number of nitrogens with zero attached hydrogens (tertiary/aromatic N) is 2. The number of nitrogens with one attached hydrogen (secondary N) is 2. The van der Waals surface area contributed by atoms with E-state index < -0.39 is 4.81 Å². The molecule has 0 saturated heterocycles. The van der Waals surface area contributed by atoms with E-state index in [2.05, 4.69) is 17.3 Å². The summed E-state index contributed by atoms with van der Waals surface area (Å²) in [5, 5.41) is 2.36. The maximum absolute atomic E-state index is 9.59. The summed E-state index contributed by atoms with van der Waals surface area (Å²) in [6.07, 6.45) is 1.28. The fourth-order valence-electron chi connectivity index (χ4n) is 0.250. The van der Waals surface area contributed by atoms with Gasteiger partial charge in [0.2, 0.25) is 0 Å². The normalized spacial score (nSPS) is 15.8. The number of hydrogen-bond donors (Lipinski definition) is 3. The molecule has 0 aliphatic heterocycles. The van der Waals surface area contributed by atoms with E-state index in [0.29, 0.717) is 0 Å². The highest BCUT2D eigenvalue weighted by molar-refractivity contribution is 4.45. The van der Waals surface area contributed by atoms with Crippen molar-refractivity contribution in [1.29, 1.82) is 0 Å². The minimum atomic E-state index is -0.483. The van der Waals surface area contributed by atoms with E-state index in [4.69, 9.17) is 5.84 Å². The average Bonchev–Trinajstić information content (AvgIpc) is 1.89. The Morgan fingerprint density at radius 1 is 1.89 bits per heavy atom. The molecule has 0 rings (SSSR count). The van der Waals surface area contributed by atoms with Crippen molar-refractivity contribution < 1.29 is 4.81 Å². The molecule has 9 heavy (non-hydrogen) atoms. The fraction of sp³-hybridized carbons (Fsp3) is 0.333. The minimum Gasteiger partial charge on any atom is -0.130 e. The summed E-state index contributed by atoms with van der Waals surface area (Å²) in [7, 11) is 1.56. The Bertz CT molecular complexity index is 115. The molecule has 0 spiro atoms. The molecule has 0 heterocycles. The van der Waals surface area contributed by atoms with Crippen molar-refractivity contribution in [3.05, 3.63) is 17.7 Å². The molecule has 1 unspecified atom stereocenters. The molecule has 0 bridgehead atoms. The van der Waals surface area contributed by atoms with E-state index in [1.165, 1.54) is 6.20 Å². The van der Waals surface area contributed by atoms with Crippen LogP contribution in [0.5, 0.6) is 0 Å². The van der Waals surface area contributed by atoms with E-state index in [9.17, 15) is 4.91 Å². The summed E-state index contributed by atoms with van der Waals surface area (Å²) in [6, 6.07) is 0. The first-order chi connectivity index (χ1) is 4.18. The van der Waals surface area contributed by atoms with E-state index in [0.717, 1.165) is 0 Å². The van der Waals surface area contributed by atoms with Crippen molar-refractivity contribution in [1.82, 2.24) is 11.0 Å². The van der Waals surface area contributed by atoms with Gasteiger partial charge in [-0.2, -0.15) is 0 Å². The van der Waals surface area contributed by atoms with Crippen LogP contribution >= 0.6 is 0 Å². The van der Waals surface area contributed by atoms with Crippen LogP contribution in [-0.4, -0.2) is 11.9 Å². The molecule has 1 atom stereocenters. The number of quaternary nitrogens is 1. The Kier molecular flexibility index (Phi) is 2.79. The molecule has 0 aliphatic rings. The highest BCUT2D eigenvalue weighted by Crippen LogP contribution is 1.81. The van der Waals surface area contributed by atoms with Gasteiger partial charge >= 0.3 is 0 Å². The Hall–Kier alpha value is -0.980. The van der Waals surface area contributed by atoms with Crippen LogP contribution in [0.2, 0.25) is 0 Å². The lowest BCUT2D eigenvalue weighted by Crippen LogP contribution is -2.64. The summed E-state index contributed by atoms with van der Waals surface area (Å²) in [4.78, 5) is 9.11. The summed E-state index contributed by atoms with van der Waals surface area (Å²) in [6.45, 7) is 3.35. The summed E-state index contributed by atoms with van der Waals surface area (Å²) in [5.74, 6) is 5.31. The van der Waals surface area contributed by atoms with Gasteiger partial charge in [-0.1, -0.05) is 5.53 Å². The Morgan fingerprint density at radius 2 is 2.44 bits per heavy atom. The van der Waals surface area contributed by atoms with E-state index >= 15 is 0 Å². The van der Waals surface area contributed by atoms with Crippen molar-refractivity contribution in [3.63, 3.8) is 0 Å². The second-order valence-corrected chi connectivity index (χ2v) is 1.37. The van der Waals surface area contributed by atoms with Gasteiger partial charge in [-0.3, -0.25) is 0 Å². The third-order valence-corrected chi connectivity index (χ3v) is 0.864. The molecule has 6 heteroatoms. The van der Waals surface area contributed by atoms with Crippen LogP contribution in [0.3, 0.4) is 0 Å². The lowest BCUT2D eigenvalue weighted by molar-refractivity contribution is -0.975. The first kappa shape index (κ1) is 8.02. The fourth-order valence-corrected chi connectivity index (χ4v) is 0.250. The van der Waals surface area contributed by atoms with Crippen LogP contribution in [0.1, 0.15) is 0 Å². The molecular weight excluding hydrogens is 122 g/mol. The topological polar surface area (TPSA) is 79.5 Å². The third kappa shape index (κ3) is 2.17. The number of nitroso groups, excluding NO2 is 1. The summed E-state index contributed by atoms with van der Waals surface area (Å²) >= 11 is 0. The molecule has 0 aliphatic carbocycles. The van der Waals surface area contributed by atoms with E-state index in [1.807, 2.05) is 5.53 Å². The van der Waals surface area contributed by atoms with Gasteiger partial charge in [0.15, 0.2) is 6.20 Å². The Balaban J connectivity index is 3.90. The average molecular weight is 132 g/mol. The molecule has 4 N–H and O–H groups in total. The lowest BCUT2D eigenvalue weighted by atomic mass is 11.0. The van der Waals surface area contributed by atoms with Gasteiger partial charge in [0.25, 0.3) is 0 Å². The highest BCUT2D eigenvalue weighted by atomic mass is 16.3. The zero-order chi connectivity index (χ0) is 7.33. The molecule has 0 fully saturated rings. The van der Waals surface area contributed by atoms with Gasteiger partial charge in [-0.25, -0.2) is 0 Å². The molecular formula is C3H10N5O+. The second-order valence-electron chi connectivity index (χ2n) is 1.37. The lowest BCUT2D eigenvalue weighted by Gasteiger charge is -2.20. The molecule has 52 valence electrons. The quantitative estimate of drug-likeness (QED) is 0.201. The first-order valence-corrected chi connectivity index (χ1v) is 2.28. The molecule has 6 nitrogen and oxygen atoms in total. The van der Waals surface area contributed by atoms with Gasteiger partial charge in [0, 0.05) is 7.05 Å². The van der Waals surface area contributed by atoms with Crippen LogP contribution in [-0.2, 0) is 0 Å². The monoisotopic (exact) mass is 132 g/mol. The summed E-state index contributed by atoms with van der Waals surface area (Å²) in [5.41, 5.74) is 4.54. The van der Waals surface area contributed by atoms with Crippen LogP contribution in [0.15, 0.2) is 18.1 Å². The minimum absolute atomic E-state index is 0.483. The molecule has 0 saturated carbocycles. The Labute approximate surface area is 52.8 Å². The first-order valence-electron chi connectivity index (χ1n) is 2.28. The van der Waals surface area contributed by atoms with Crippen LogP contribution in [0, 0.1) is 4.91 Å². The number of rotatable bonds is 4. The van der Waals surface area contributed by atoms with Gasteiger partial charge in [-0.15, -0.1) is 16.2 Å². The van der Waals surface area contributed by atoms with Crippen LogP contribution in [0.25, 0.3) is 0 Å². The van der Waals surface area contributed by atoms with Gasteiger partial charge in [0.05, 0.1) is 0 Å². The number of nitrogens with two attached hydrogens (primary N) is 1. The van der Waals surface area contributed by atoms with Crippen molar-refractivity contribution in [2.75, 3.05) is 7.05 Å². The SMILES string of the molecule is C=C[N+](N)(NC)NN=O. The second kappa shape index (κ2) is 3.13.